The van der Waals surface area contributed by atoms with Gasteiger partial charge in [-0.2, -0.15) is 5.26 Å². The number of nitrogens with zero attached hydrogens (tertiary/aromatic N) is 4. The summed E-state index contributed by atoms with van der Waals surface area (Å²) in [5.74, 6) is 0.548. The average Bonchev–Trinajstić information content (AvgIpc) is 2.17. The van der Waals surface area contributed by atoms with E-state index in [1.54, 1.807) is 12.3 Å². The van der Waals surface area contributed by atoms with Crippen LogP contribution in [0, 0.1) is 11.3 Å². The van der Waals surface area contributed by atoms with Gasteiger partial charge in [0, 0.05) is 19.8 Å². The summed E-state index contributed by atoms with van der Waals surface area (Å²) < 4.78 is 0. The van der Waals surface area contributed by atoms with Gasteiger partial charge < -0.3 is 4.90 Å². The molecule has 0 radical (unpaired) electrons. The van der Waals surface area contributed by atoms with E-state index < -0.39 is 0 Å². The smallest absolute Gasteiger partial charge is 0.226 e. The Bertz CT molecular complexity index is 378. The van der Waals surface area contributed by atoms with E-state index in [2.05, 4.69) is 16.5 Å². The molecule has 0 unspecified atom stereocenters. The molecule has 0 aliphatic rings. The number of nitriles is 1. The van der Waals surface area contributed by atoms with Crippen molar-refractivity contribution in [1.29, 1.82) is 5.26 Å². The van der Waals surface area contributed by atoms with Crippen LogP contribution in [-0.2, 0) is 0 Å². The van der Waals surface area contributed by atoms with Crippen LogP contribution >= 0.6 is 0 Å². The van der Waals surface area contributed by atoms with Gasteiger partial charge in [-0.3, -0.25) is 0 Å². The molecule has 0 amide bonds. The summed E-state index contributed by atoms with van der Waals surface area (Å²) in [6.07, 6.45) is 1.58. The molecule has 72 valence electrons. The fourth-order valence-electron chi connectivity index (χ4n) is 1.07. The van der Waals surface area contributed by atoms with E-state index in [1.165, 1.54) is 0 Å². The lowest BCUT2D eigenvalue weighted by atomic mass is 10.3. The Morgan fingerprint density at radius 2 is 2.43 bits per heavy atom. The number of rotatable bonds is 3. The minimum Gasteiger partial charge on any atom is -0.340 e. The Labute approximate surface area is 83.5 Å². The van der Waals surface area contributed by atoms with Gasteiger partial charge in [0.05, 0.1) is 0 Å². The summed E-state index contributed by atoms with van der Waals surface area (Å²) in [5, 5.41) is 8.65. The molecule has 1 heterocycles. The van der Waals surface area contributed by atoms with Crippen molar-refractivity contribution in [2.24, 2.45) is 0 Å². The van der Waals surface area contributed by atoms with Gasteiger partial charge in [0.25, 0.3) is 0 Å². The number of aromatic nitrogens is 2. The summed E-state index contributed by atoms with van der Waals surface area (Å²) in [6.45, 7) is 6.43. The third kappa shape index (κ3) is 2.56. The first-order valence-electron chi connectivity index (χ1n) is 4.22. The van der Waals surface area contributed by atoms with Crippen LogP contribution in [0.4, 0.5) is 5.95 Å². The predicted octanol–water partition coefficient (Wildman–Crippen LogP) is 1.36. The van der Waals surface area contributed by atoms with Gasteiger partial charge in [0.15, 0.2) is 0 Å². The molecule has 0 N–H and O–H groups in total. The third-order valence-electron chi connectivity index (χ3n) is 1.61. The van der Waals surface area contributed by atoms with Crippen molar-refractivity contribution in [2.45, 2.75) is 6.92 Å². The van der Waals surface area contributed by atoms with E-state index in [4.69, 9.17) is 5.26 Å². The van der Waals surface area contributed by atoms with Gasteiger partial charge >= 0.3 is 0 Å². The molecule has 4 nitrogen and oxygen atoms in total. The van der Waals surface area contributed by atoms with Gasteiger partial charge in [-0.25, -0.2) is 9.97 Å². The van der Waals surface area contributed by atoms with Gasteiger partial charge in [-0.15, -0.1) is 0 Å². The van der Waals surface area contributed by atoms with E-state index in [-0.39, 0.29) is 0 Å². The molecule has 1 rings (SSSR count). The monoisotopic (exact) mass is 188 g/mol. The molecule has 0 atom stereocenters. The predicted molar refractivity (Wildman–Crippen MR) is 54.8 cm³/mol. The van der Waals surface area contributed by atoms with Crippen LogP contribution in [0.3, 0.4) is 0 Å². The Hall–Kier alpha value is -1.89. The van der Waals surface area contributed by atoms with Gasteiger partial charge in [-0.05, 0) is 13.0 Å². The molecular formula is C10H12N4. The summed E-state index contributed by atoms with van der Waals surface area (Å²) >= 11 is 0. The zero-order chi connectivity index (χ0) is 10.6. The fraction of sp³-hybridized carbons (Fsp3) is 0.300. The molecule has 0 aromatic carbocycles. The van der Waals surface area contributed by atoms with E-state index in [0.717, 1.165) is 5.57 Å². The number of hydrogen-bond donors (Lipinski definition) is 0. The summed E-state index contributed by atoms with van der Waals surface area (Å²) in [6, 6.07) is 3.56. The summed E-state index contributed by atoms with van der Waals surface area (Å²) in [5.41, 5.74) is 1.40. The van der Waals surface area contributed by atoms with Crippen molar-refractivity contribution in [3.05, 3.63) is 30.1 Å². The first-order chi connectivity index (χ1) is 6.63. The Kier molecular flexibility index (Phi) is 3.19. The minimum absolute atomic E-state index is 0.378. The standard InChI is InChI=1S/C10H12N4/c1-8(2)7-14(3)10-12-5-4-9(6-11)13-10/h4-5H,1,7H2,2-3H3. The number of likely N-dealkylation sites (N-methyl/N-ethyl adjacent to an activating group) is 1. The zero-order valence-corrected chi connectivity index (χ0v) is 8.36. The molecule has 14 heavy (non-hydrogen) atoms. The van der Waals surface area contributed by atoms with Crippen molar-refractivity contribution < 1.29 is 0 Å². The molecule has 4 heteroatoms. The molecular weight excluding hydrogens is 176 g/mol. The van der Waals surface area contributed by atoms with E-state index in [1.807, 2.05) is 24.9 Å². The Morgan fingerprint density at radius 3 is 3.00 bits per heavy atom. The average molecular weight is 188 g/mol. The van der Waals surface area contributed by atoms with Crippen molar-refractivity contribution in [1.82, 2.24) is 9.97 Å². The second-order valence-electron chi connectivity index (χ2n) is 3.17. The second-order valence-corrected chi connectivity index (χ2v) is 3.17. The molecule has 0 saturated heterocycles. The lowest BCUT2D eigenvalue weighted by Crippen LogP contribution is -2.21. The first-order valence-corrected chi connectivity index (χ1v) is 4.22. The van der Waals surface area contributed by atoms with E-state index in [0.29, 0.717) is 18.2 Å². The molecule has 0 fully saturated rings. The number of hydrogen-bond acceptors (Lipinski definition) is 4. The second kappa shape index (κ2) is 4.38. The molecule has 0 bridgehead atoms. The normalized spacial score (nSPS) is 9.21. The maximum Gasteiger partial charge on any atom is 0.226 e. The van der Waals surface area contributed by atoms with Gasteiger partial charge in [0.2, 0.25) is 5.95 Å². The lowest BCUT2D eigenvalue weighted by molar-refractivity contribution is 0.911. The fourth-order valence-corrected chi connectivity index (χ4v) is 1.07. The molecule has 0 spiro atoms. The van der Waals surface area contributed by atoms with E-state index in [9.17, 15) is 0 Å². The molecule has 0 saturated carbocycles. The van der Waals surface area contributed by atoms with Crippen molar-refractivity contribution >= 4 is 5.95 Å². The lowest BCUT2D eigenvalue weighted by Gasteiger charge is -2.16. The SMILES string of the molecule is C=C(C)CN(C)c1nccc(C#N)n1. The topological polar surface area (TPSA) is 52.8 Å². The minimum atomic E-state index is 0.378. The van der Waals surface area contributed by atoms with Crippen LogP contribution in [0.1, 0.15) is 12.6 Å². The van der Waals surface area contributed by atoms with Crippen LogP contribution in [0.5, 0.6) is 0 Å². The summed E-state index contributed by atoms with van der Waals surface area (Å²) in [7, 11) is 1.87. The van der Waals surface area contributed by atoms with Crippen LogP contribution in [-0.4, -0.2) is 23.6 Å². The summed E-state index contributed by atoms with van der Waals surface area (Å²) in [4.78, 5) is 9.97. The molecule has 0 aliphatic carbocycles. The Morgan fingerprint density at radius 1 is 1.71 bits per heavy atom. The highest BCUT2D eigenvalue weighted by Gasteiger charge is 2.04. The molecule has 0 aliphatic heterocycles. The van der Waals surface area contributed by atoms with Crippen LogP contribution in [0.15, 0.2) is 24.4 Å². The molecule has 1 aromatic rings. The Balaban J connectivity index is 2.85. The highest BCUT2D eigenvalue weighted by atomic mass is 15.2. The van der Waals surface area contributed by atoms with Gasteiger partial charge in [0.1, 0.15) is 11.8 Å². The highest BCUT2D eigenvalue weighted by molar-refractivity contribution is 5.34. The van der Waals surface area contributed by atoms with Crippen molar-refractivity contribution in [2.75, 3.05) is 18.5 Å². The van der Waals surface area contributed by atoms with E-state index >= 15 is 0 Å². The zero-order valence-electron chi connectivity index (χ0n) is 8.36. The maximum absolute atomic E-state index is 8.65. The van der Waals surface area contributed by atoms with Crippen LogP contribution in [0.25, 0.3) is 0 Å². The van der Waals surface area contributed by atoms with Crippen molar-refractivity contribution in [3.63, 3.8) is 0 Å². The quantitative estimate of drug-likeness (QED) is 0.672. The van der Waals surface area contributed by atoms with Crippen LogP contribution in [0.2, 0.25) is 0 Å². The third-order valence-corrected chi connectivity index (χ3v) is 1.61. The molecule has 1 aromatic heterocycles. The largest absolute Gasteiger partial charge is 0.340 e. The first kappa shape index (κ1) is 10.2. The highest BCUT2D eigenvalue weighted by Crippen LogP contribution is 2.06. The maximum atomic E-state index is 8.65. The van der Waals surface area contributed by atoms with Crippen LogP contribution < -0.4 is 4.90 Å². The van der Waals surface area contributed by atoms with Gasteiger partial charge in [-0.1, -0.05) is 12.2 Å². The van der Waals surface area contributed by atoms with Crippen molar-refractivity contribution in [3.8, 4) is 6.07 Å². The number of anilines is 1.